The van der Waals surface area contributed by atoms with Crippen LogP contribution in [-0.4, -0.2) is 27.7 Å². The largest absolute Gasteiger partial charge is 0.326 e. The molecule has 0 bridgehead atoms. The zero-order valence-electron chi connectivity index (χ0n) is 20.7. The van der Waals surface area contributed by atoms with Crippen LogP contribution in [-0.2, 0) is 44.6 Å². The number of benzene rings is 2. The minimum Gasteiger partial charge on any atom is -0.326 e. The lowest BCUT2D eigenvalue weighted by Gasteiger charge is -2.29. The van der Waals surface area contributed by atoms with Gasteiger partial charge < -0.3 is 15.5 Å². The van der Waals surface area contributed by atoms with Crippen LogP contribution in [0.3, 0.4) is 0 Å². The highest BCUT2D eigenvalue weighted by atomic mass is 16.2. The van der Waals surface area contributed by atoms with Crippen molar-refractivity contribution in [1.29, 1.82) is 0 Å². The Balaban J connectivity index is 1.15. The topological polar surface area (TPSA) is 104 Å². The summed E-state index contributed by atoms with van der Waals surface area (Å²) < 4.78 is 0. The van der Waals surface area contributed by atoms with Gasteiger partial charge in [-0.2, -0.15) is 0 Å². The third kappa shape index (κ3) is 2.66. The van der Waals surface area contributed by atoms with E-state index in [0.29, 0.717) is 30.9 Å². The van der Waals surface area contributed by atoms with E-state index in [9.17, 15) is 14.4 Å². The molecule has 2 aromatic heterocycles. The van der Waals surface area contributed by atoms with Crippen molar-refractivity contribution in [1.82, 2.24) is 9.97 Å². The number of pyridine rings is 2. The molecule has 0 radical (unpaired) electrons. The van der Waals surface area contributed by atoms with Crippen LogP contribution in [0.2, 0.25) is 0 Å². The van der Waals surface area contributed by atoms with Gasteiger partial charge in [-0.1, -0.05) is 18.2 Å². The maximum Gasteiger partial charge on any atom is 0.238 e. The molecule has 0 fully saturated rings. The fourth-order valence-corrected chi connectivity index (χ4v) is 6.99. The van der Waals surface area contributed by atoms with E-state index >= 15 is 0 Å². The number of hydrogen-bond acceptors (Lipinski definition) is 5. The molecule has 38 heavy (non-hydrogen) atoms. The highest BCUT2D eigenvalue weighted by Crippen LogP contribution is 2.51. The van der Waals surface area contributed by atoms with Gasteiger partial charge in [-0.3, -0.25) is 19.4 Å². The van der Waals surface area contributed by atoms with E-state index in [1.54, 1.807) is 11.1 Å². The molecule has 3 aliphatic heterocycles. The van der Waals surface area contributed by atoms with E-state index in [-0.39, 0.29) is 24.1 Å². The van der Waals surface area contributed by atoms with Crippen LogP contribution in [0.5, 0.6) is 0 Å². The van der Waals surface area contributed by atoms with Crippen molar-refractivity contribution in [3.63, 3.8) is 0 Å². The molecule has 0 saturated heterocycles. The third-order valence-corrected chi connectivity index (χ3v) is 8.75. The lowest BCUT2D eigenvalue weighted by atomic mass is 9.77. The molecule has 2 atom stereocenters. The van der Waals surface area contributed by atoms with Gasteiger partial charge in [-0.15, -0.1) is 0 Å². The van der Waals surface area contributed by atoms with Crippen molar-refractivity contribution >= 4 is 45.8 Å². The number of carbonyl (C=O) groups excluding carboxylic acids is 3. The number of fused-ring (bicyclic) bond motifs is 4. The molecule has 8 heteroatoms. The third-order valence-electron chi connectivity index (χ3n) is 8.75. The Labute approximate surface area is 218 Å². The molecule has 4 aliphatic rings. The summed E-state index contributed by atoms with van der Waals surface area (Å²) in [6.45, 7) is 2.17. The van der Waals surface area contributed by atoms with Crippen molar-refractivity contribution in [2.45, 2.75) is 43.6 Å². The predicted octanol–water partition coefficient (Wildman–Crippen LogP) is 3.77. The van der Waals surface area contributed by atoms with E-state index < -0.39 is 10.8 Å². The summed E-state index contributed by atoms with van der Waals surface area (Å²) >= 11 is 0. The predicted molar refractivity (Wildman–Crippen MR) is 142 cm³/mol. The minimum absolute atomic E-state index is 0.000867. The summed E-state index contributed by atoms with van der Waals surface area (Å²) in [6.07, 6.45) is 3.08. The van der Waals surface area contributed by atoms with Gasteiger partial charge in [0.2, 0.25) is 17.7 Å². The SMILES string of the molecule is CC12CC(=O)Nc3cccc(c31)N(Cc1ccc3cc4c(cc3n1)C[C@]1(C4)C(=O)Nc3ncccc31)C2=O. The maximum atomic E-state index is 13.6. The Hall–Kier alpha value is -4.59. The molecule has 186 valence electrons. The second-order valence-corrected chi connectivity index (χ2v) is 11.1. The number of anilines is 3. The molecular weight excluding hydrogens is 478 g/mol. The van der Waals surface area contributed by atoms with Crippen molar-refractivity contribution in [3.8, 4) is 0 Å². The van der Waals surface area contributed by atoms with Crippen LogP contribution in [0.4, 0.5) is 17.2 Å². The summed E-state index contributed by atoms with van der Waals surface area (Å²) in [7, 11) is 0. The van der Waals surface area contributed by atoms with E-state index in [0.717, 1.165) is 44.5 Å². The number of carbonyl (C=O) groups is 3. The average molecular weight is 502 g/mol. The molecule has 2 N–H and O–H groups in total. The van der Waals surface area contributed by atoms with Crippen LogP contribution in [0.15, 0.2) is 60.8 Å². The molecular formula is C30H23N5O3. The fraction of sp³-hybridized carbons (Fsp3) is 0.233. The molecule has 0 saturated carbocycles. The number of rotatable bonds is 2. The molecule has 4 aromatic rings. The molecule has 8 rings (SSSR count). The lowest BCUT2D eigenvalue weighted by Crippen LogP contribution is -2.42. The highest BCUT2D eigenvalue weighted by Gasteiger charge is 2.53. The molecule has 1 aliphatic carbocycles. The molecule has 1 unspecified atom stereocenters. The summed E-state index contributed by atoms with van der Waals surface area (Å²) in [5.74, 6) is 0.435. The zero-order valence-corrected chi connectivity index (χ0v) is 20.7. The highest BCUT2D eigenvalue weighted by molar-refractivity contribution is 6.15. The van der Waals surface area contributed by atoms with Gasteiger partial charge in [0.05, 0.1) is 34.3 Å². The van der Waals surface area contributed by atoms with Crippen LogP contribution >= 0.6 is 0 Å². The van der Waals surface area contributed by atoms with E-state index in [2.05, 4.69) is 27.8 Å². The maximum absolute atomic E-state index is 13.6. The van der Waals surface area contributed by atoms with Gasteiger partial charge in [0.1, 0.15) is 5.82 Å². The first-order chi connectivity index (χ1) is 18.4. The first kappa shape index (κ1) is 21.5. The van der Waals surface area contributed by atoms with E-state index in [1.807, 2.05) is 49.4 Å². The summed E-state index contributed by atoms with van der Waals surface area (Å²) in [5.41, 5.74) is 5.76. The minimum atomic E-state index is -0.868. The molecule has 3 amide bonds. The Kier molecular flexibility index (Phi) is 3.98. The first-order valence-electron chi connectivity index (χ1n) is 12.8. The van der Waals surface area contributed by atoms with Crippen LogP contribution < -0.4 is 15.5 Å². The van der Waals surface area contributed by atoms with Gasteiger partial charge in [0.15, 0.2) is 0 Å². The van der Waals surface area contributed by atoms with Crippen molar-refractivity contribution in [3.05, 3.63) is 88.7 Å². The van der Waals surface area contributed by atoms with Crippen molar-refractivity contribution in [2.24, 2.45) is 0 Å². The smallest absolute Gasteiger partial charge is 0.238 e. The first-order valence-corrected chi connectivity index (χ1v) is 12.8. The molecule has 5 heterocycles. The van der Waals surface area contributed by atoms with Crippen molar-refractivity contribution in [2.75, 3.05) is 15.5 Å². The number of nitrogens with one attached hydrogen (secondary N) is 2. The summed E-state index contributed by atoms with van der Waals surface area (Å²) in [5, 5.41) is 6.88. The Bertz CT molecular complexity index is 1780. The lowest BCUT2D eigenvalue weighted by molar-refractivity contribution is -0.127. The molecule has 8 nitrogen and oxygen atoms in total. The van der Waals surface area contributed by atoms with Crippen LogP contribution in [0.25, 0.3) is 10.9 Å². The standard InChI is InChI=1S/C30H23N5O3/c1-29-14-24(36)33-21-5-2-6-23(25(21)29)35(28(29)38)15-19-8-7-16-10-17-12-30(13-18(17)11-22(16)32-19)20-4-3-9-31-26(20)34-27(30)37/h2-11H,12-15H2,1H3,(H,33,36)(H,31,34,37)/t29?,30-/m0/s1. The van der Waals surface area contributed by atoms with Gasteiger partial charge in [0, 0.05) is 34.8 Å². The summed E-state index contributed by atoms with van der Waals surface area (Å²) in [6, 6.07) is 17.7. The number of aromatic nitrogens is 2. The zero-order chi connectivity index (χ0) is 25.8. The fourth-order valence-electron chi connectivity index (χ4n) is 6.99. The second-order valence-electron chi connectivity index (χ2n) is 11.1. The van der Waals surface area contributed by atoms with Gasteiger partial charge in [-0.25, -0.2) is 4.98 Å². The van der Waals surface area contributed by atoms with Crippen LogP contribution in [0.1, 0.15) is 41.3 Å². The van der Waals surface area contributed by atoms with Crippen molar-refractivity contribution < 1.29 is 14.4 Å². The Morgan fingerprint density at radius 3 is 2.66 bits per heavy atom. The van der Waals surface area contributed by atoms with Gasteiger partial charge in [-0.05, 0) is 67.3 Å². The normalized spacial score (nSPS) is 24.4. The van der Waals surface area contributed by atoms with E-state index in [4.69, 9.17) is 4.98 Å². The van der Waals surface area contributed by atoms with Gasteiger partial charge in [0.25, 0.3) is 0 Å². The molecule has 1 spiro atoms. The van der Waals surface area contributed by atoms with E-state index in [1.165, 1.54) is 0 Å². The van der Waals surface area contributed by atoms with Crippen LogP contribution in [0, 0.1) is 0 Å². The second kappa shape index (κ2) is 7.04. The monoisotopic (exact) mass is 501 g/mol. The Morgan fingerprint density at radius 2 is 1.79 bits per heavy atom. The number of nitrogens with zero attached hydrogens (tertiary/aromatic N) is 3. The average Bonchev–Trinajstić information content (AvgIpc) is 3.47. The number of hydrogen-bond donors (Lipinski definition) is 2. The molecule has 2 aromatic carbocycles. The summed E-state index contributed by atoms with van der Waals surface area (Å²) in [4.78, 5) is 50.1. The Morgan fingerprint density at radius 1 is 0.947 bits per heavy atom. The number of amides is 3. The quantitative estimate of drug-likeness (QED) is 0.435. The van der Waals surface area contributed by atoms with Gasteiger partial charge >= 0.3 is 0 Å².